The topological polar surface area (TPSA) is 67.1 Å². The molecule has 0 aliphatic carbocycles. The fourth-order valence-electron chi connectivity index (χ4n) is 3.30. The SMILES string of the molecule is Cl.Cl.O.O=C(Nc1ccccc1)SCCCN1CCN(CCc2ccc(Cl)cc2)CC1. The molecule has 0 saturated carbocycles. The van der Waals surface area contributed by atoms with E-state index < -0.39 is 0 Å². The number of para-hydroxylation sites is 1. The lowest BCUT2D eigenvalue weighted by molar-refractivity contribution is 0.134. The van der Waals surface area contributed by atoms with Crippen molar-refractivity contribution in [3.8, 4) is 0 Å². The summed E-state index contributed by atoms with van der Waals surface area (Å²) in [5.74, 6) is 0.857. The predicted molar refractivity (Wildman–Crippen MR) is 139 cm³/mol. The van der Waals surface area contributed by atoms with E-state index in [0.29, 0.717) is 0 Å². The first-order valence-electron chi connectivity index (χ1n) is 9.87. The van der Waals surface area contributed by atoms with E-state index in [1.165, 1.54) is 17.3 Å². The number of rotatable bonds is 8. The third-order valence-electron chi connectivity index (χ3n) is 4.97. The van der Waals surface area contributed by atoms with Crippen LogP contribution in [0.15, 0.2) is 54.6 Å². The Hall–Kier alpha value is -0.990. The minimum absolute atomic E-state index is 0. The minimum Gasteiger partial charge on any atom is -0.412 e. The zero-order valence-electron chi connectivity index (χ0n) is 17.5. The van der Waals surface area contributed by atoms with Crippen molar-refractivity contribution >= 4 is 59.1 Å². The number of halogens is 3. The van der Waals surface area contributed by atoms with Crippen molar-refractivity contribution in [2.75, 3.05) is 50.3 Å². The summed E-state index contributed by atoms with van der Waals surface area (Å²) in [6, 6.07) is 17.8. The molecule has 1 heterocycles. The minimum atomic E-state index is 0. The molecule has 1 saturated heterocycles. The lowest BCUT2D eigenvalue weighted by atomic mass is 10.1. The molecule has 5 nitrogen and oxygen atoms in total. The quantitative estimate of drug-likeness (QED) is 0.516. The van der Waals surface area contributed by atoms with Gasteiger partial charge in [0.15, 0.2) is 0 Å². The van der Waals surface area contributed by atoms with Gasteiger partial charge in [-0.3, -0.25) is 4.79 Å². The van der Waals surface area contributed by atoms with Crippen LogP contribution in [0, 0.1) is 0 Å². The average Bonchev–Trinajstić information content (AvgIpc) is 2.72. The van der Waals surface area contributed by atoms with Crippen LogP contribution in [0.25, 0.3) is 0 Å². The van der Waals surface area contributed by atoms with Gasteiger partial charge >= 0.3 is 0 Å². The highest BCUT2D eigenvalue weighted by Gasteiger charge is 2.16. The lowest BCUT2D eigenvalue weighted by Gasteiger charge is -2.34. The highest BCUT2D eigenvalue weighted by molar-refractivity contribution is 8.13. The van der Waals surface area contributed by atoms with Gasteiger partial charge in [0.05, 0.1) is 0 Å². The van der Waals surface area contributed by atoms with Crippen LogP contribution in [0.3, 0.4) is 0 Å². The summed E-state index contributed by atoms with van der Waals surface area (Å²) in [4.78, 5) is 17.0. The fraction of sp³-hybridized carbons (Fsp3) is 0.409. The van der Waals surface area contributed by atoms with Gasteiger partial charge < -0.3 is 20.6 Å². The average molecular weight is 509 g/mol. The molecule has 0 radical (unpaired) electrons. The molecule has 0 bridgehead atoms. The maximum atomic E-state index is 11.9. The Bertz CT molecular complexity index is 731. The maximum absolute atomic E-state index is 11.9. The molecule has 0 unspecified atom stereocenters. The van der Waals surface area contributed by atoms with E-state index in [9.17, 15) is 4.79 Å². The number of piperazine rings is 1. The van der Waals surface area contributed by atoms with E-state index in [1.807, 2.05) is 42.5 Å². The number of thioether (sulfide) groups is 1. The summed E-state index contributed by atoms with van der Waals surface area (Å²) in [5.41, 5.74) is 2.20. The summed E-state index contributed by atoms with van der Waals surface area (Å²) in [7, 11) is 0. The molecule has 2 aromatic carbocycles. The standard InChI is InChI=1S/C22H28ClN3OS.2ClH.H2O/c23-20-9-7-19(8-10-20)11-13-26-16-14-25(15-17-26)12-4-18-28-22(27)24-21-5-2-1-3-6-21;;;/h1-3,5-10H,4,11-18H2,(H,24,27);2*1H;1H2. The Morgan fingerprint density at radius 1 is 0.903 bits per heavy atom. The molecule has 31 heavy (non-hydrogen) atoms. The molecule has 3 rings (SSSR count). The molecular weight excluding hydrogens is 477 g/mol. The summed E-state index contributed by atoms with van der Waals surface area (Å²) >= 11 is 7.31. The molecule has 9 heteroatoms. The lowest BCUT2D eigenvalue weighted by Crippen LogP contribution is -2.47. The van der Waals surface area contributed by atoms with Gasteiger partial charge in [0, 0.05) is 49.2 Å². The van der Waals surface area contributed by atoms with Gasteiger partial charge in [-0.1, -0.05) is 53.7 Å². The third-order valence-corrected chi connectivity index (χ3v) is 6.08. The first-order valence-corrected chi connectivity index (χ1v) is 11.2. The molecule has 3 N–H and O–H groups in total. The van der Waals surface area contributed by atoms with Crippen LogP contribution < -0.4 is 5.32 Å². The van der Waals surface area contributed by atoms with Crippen molar-refractivity contribution < 1.29 is 10.3 Å². The number of amides is 1. The molecule has 0 atom stereocenters. The van der Waals surface area contributed by atoms with Gasteiger partial charge in [-0.05, 0) is 49.2 Å². The Labute approximate surface area is 207 Å². The van der Waals surface area contributed by atoms with Gasteiger partial charge in [0.25, 0.3) is 5.24 Å². The van der Waals surface area contributed by atoms with Crippen molar-refractivity contribution in [1.29, 1.82) is 0 Å². The molecule has 1 fully saturated rings. The van der Waals surface area contributed by atoms with E-state index >= 15 is 0 Å². The number of hydrogen-bond donors (Lipinski definition) is 1. The highest BCUT2D eigenvalue weighted by Crippen LogP contribution is 2.13. The Morgan fingerprint density at radius 2 is 1.48 bits per heavy atom. The number of anilines is 1. The molecular formula is C22H32Cl3N3O2S. The fourth-order valence-corrected chi connectivity index (χ4v) is 4.08. The van der Waals surface area contributed by atoms with Crippen LogP contribution in [-0.4, -0.2) is 65.5 Å². The monoisotopic (exact) mass is 507 g/mol. The van der Waals surface area contributed by atoms with Gasteiger partial charge in [-0.2, -0.15) is 0 Å². The number of nitrogens with zero attached hydrogens (tertiary/aromatic N) is 2. The second kappa shape index (κ2) is 16.6. The molecule has 0 spiro atoms. The molecule has 1 aliphatic rings. The van der Waals surface area contributed by atoms with E-state index in [4.69, 9.17) is 11.6 Å². The molecule has 1 amide bonds. The van der Waals surface area contributed by atoms with Crippen LogP contribution in [0.2, 0.25) is 5.02 Å². The Morgan fingerprint density at radius 3 is 2.10 bits per heavy atom. The second-order valence-corrected chi connectivity index (χ2v) is 8.54. The normalized spacial score (nSPS) is 14.0. The van der Waals surface area contributed by atoms with Gasteiger partial charge in [0.2, 0.25) is 0 Å². The number of nitrogens with one attached hydrogen (secondary N) is 1. The van der Waals surface area contributed by atoms with E-state index in [1.54, 1.807) is 0 Å². The largest absolute Gasteiger partial charge is 0.412 e. The van der Waals surface area contributed by atoms with Crippen LogP contribution >= 0.6 is 48.2 Å². The van der Waals surface area contributed by atoms with Crippen molar-refractivity contribution in [2.24, 2.45) is 0 Å². The zero-order valence-corrected chi connectivity index (χ0v) is 20.7. The van der Waals surface area contributed by atoms with Gasteiger partial charge in [-0.15, -0.1) is 24.8 Å². The van der Waals surface area contributed by atoms with Gasteiger partial charge in [-0.25, -0.2) is 0 Å². The van der Waals surface area contributed by atoms with Crippen LogP contribution in [0.4, 0.5) is 10.5 Å². The second-order valence-electron chi connectivity index (χ2n) is 7.04. The molecule has 1 aliphatic heterocycles. The number of carbonyl (C=O) groups is 1. The number of carbonyl (C=O) groups excluding carboxylic acids is 1. The molecule has 2 aromatic rings. The van der Waals surface area contributed by atoms with E-state index in [2.05, 4.69) is 27.2 Å². The maximum Gasteiger partial charge on any atom is 0.283 e. The Balaban J connectivity index is 0.00000300. The highest BCUT2D eigenvalue weighted by atomic mass is 35.5. The zero-order chi connectivity index (χ0) is 19.6. The summed E-state index contributed by atoms with van der Waals surface area (Å²) in [6.45, 7) is 6.63. The summed E-state index contributed by atoms with van der Waals surface area (Å²) in [6.07, 6.45) is 2.11. The molecule has 174 valence electrons. The van der Waals surface area contributed by atoms with Crippen LogP contribution in [0.5, 0.6) is 0 Å². The third kappa shape index (κ3) is 11.4. The Kier molecular flexibility index (Phi) is 16.1. The molecule has 0 aromatic heterocycles. The van der Waals surface area contributed by atoms with Crippen LogP contribution in [-0.2, 0) is 6.42 Å². The van der Waals surface area contributed by atoms with E-state index in [0.717, 1.165) is 68.6 Å². The first kappa shape index (κ1) is 30.0. The van der Waals surface area contributed by atoms with E-state index in [-0.39, 0.29) is 35.5 Å². The number of hydrogen-bond acceptors (Lipinski definition) is 4. The smallest absolute Gasteiger partial charge is 0.283 e. The summed E-state index contributed by atoms with van der Waals surface area (Å²) in [5, 5.41) is 3.74. The van der Waals surface area contributed by atoms with Crippen molar-refractivity contribution in [3.63, 3.8) is 0 Å². The van der Waals surface area contributed by atoms with Crippen molar-refractivity contribution in [3.05, 3.63) is 65.2 Å². The first-order chi connectivity index (χ1) is 13.7. The van der Waals surface area contributed by atoms with Crippen LogP contribution in [0.1, 0.15) is 12.0 Å². The van der Waals surface area contributed by atoms with Crippen molar-refractivity contribution in [1.82, 2.24) is 9.80 Å². The number of benzene rings is 2. The summed E-state index contributed by atoms with van der Waals surface area (Å²) < 4.78 is 0. The van der Waals surface area contributed by atoms with Crippen molar-refractivity contribution in [2.45, 2.75) is 12.8 Å². The predicted octanol–water partition coefficient (Wildman–Crippen LogP) is 4.87. The van der Waals surface area contributed by atoms with Gasteiger partial charge in [0.1, 0.15) is 0 Å².